The Kier molecular flexibility index (Phi) is 7.93. The Labute approximate surface area is 171 Å². The number of hydrogen-bond donors (Lipinski definition) is 1. The smallest absolute Gasteiger partial charge is 0.320 e. The van der Waals surface area contributed by atoms with Crippen molar-refractivity contribution >= 4 is 20.3 Å². The molecular formula is C21H40O6Si. The van der Waals surface area contributed by atoms with E-state index in [-0.39, 0.29) is 24.9 Å². The lowest BCUT2D eigenvalue weighted by molar-refractivity contribution is -0.175. The number of ether oxygens (including phenoxy) is 2. The van der Waals surface area contributed by atoms with Crippen molar-refractivity contribution in [2.24, 2.45) is 16.7 Å². The van der Waals surface area contributed by atoms with Crippen LogP contribution in [0.5, 0.6) is 0 Å². The van der Waals surface area contributed by atoms with Gasteiger partial charge in [-0.15, -0.1) is 0 Å². The van der Waals surface area contributed by atoms with Gasteiger partial charge in [-0.2, -0.15) is 0 Å². The molecule has 3 atom stereocenters. The van der Waals surface area contributed by atoms with Gasteiger partial charge in [0.05, 0.1) is 19.3 Å². The SMILES string of the molecule is CCOC(=O)C(C(=O)OCC)[C@]1(C)CC[C@H](O)[C@@]1(C)CO[Si](C)(C)C(C)(C)C. The lowest BCUT2D eigenvalue weighted by atomic mass is 9.60. The lowest BCUT2D eigenvalue weighted by Gasteiger charge is -2.48. The van der Waals surface area contributed by atoms with Crippen LogP contribution >= 0.6 is 0 Å². The average molecular weight is 417 g/mol. The zero-order valence-corrected chi connectivity index (χ0v) is 20.2. The molecule has 0 aromatic carbocycles. The molecule has 0 bridgehead atoms. The Bertz CT molecular complexity index is 552. The maximum absolute atomic E-state index is 12.8. The van der Waals surface area contributed by atoms with E-state index in [1.807, 2.05) is 13.8 Å². The molecule has 0 radical (unpaired) electrons. The summed E-state index contributed by atoms with van der Waals surface area (Å²) in [4.78, 5) is 25.5. The average Bonchev–Trinajstić information content (AvgIpc) is 2.78. The highest BCUT2D eigenvalue weighted by atomic mass is 28.4. The van der Waals surface area contributed by atoms with Crippen LogP contribution < -0.4 is 0 Å². The fourth-order valence-electron chi connectivity index (χ4n) is 3.77. The number of aliphatic hydroxyl groups excluding tert-OH is 1. The molecule has 1 aliphatic carbocycles. The van der Waals surface area contributed by atoms with E-state index >= 15 is 0 Å². The van der Waals surface area contributed by atoms with E-state index in [1.54, 1.807) is 13.8 Å². The van der Waals surface area contributed by atoms with Crippen LogP contribution in [0.4, 0.5) is 0 Å². The minimum atomic E-state index is -2.07. The van der Waals surface area contributed by atoms with E-state index in [2.05, 4.69) is 33.9 Å². The largest absolute Gasteiger partial charge is 0.465 e. The van der Waals surface area contributed by atoms with Crippen LogP contribution in [0.15, 0.2) is 0 Å². The molecule has 0 aromatic heterocycles. The molecular weight excluding hydrogens is 376 g/mol. The molecule has 0 unspecified atom stereocenters. The fourth-order valence-corrected chi connectivity index (χ4v) is 4.86. The Balaban J connectivity index is 3.30. The van der Waals surface area contributed by atoms with Crippen LogP contribution in [-0.4, -0.2) is 51.3 Å². The molecule has 1 aliphatic rings. The van der Waals surface area contributed by atoms with Gasteiger partial charge in [0.15, 0.2) is 14.2 Å². The van der Waals surface area contributed by atoms with Gasteiger partial charge in [-0.1, -0.05) is 34.6 Å². The summed E-state index contributed by atoms with van der Waals surface area (Å²) in [6.07, 6.45) is 0.352. The van der Waals surface area contributed by atoms with Crippen LogP contribution in [0.3, 0.4) is 0 Å². The molecule has 1 N–H and O–H groups in total. The molecule has 0 amide bonds. The number of esters is 2. The highest BCUT2D eigenvalue weighted by Gasteiger charge is 2.63. The summed E-state index contributed by atoms with van der Waals surface area (Å²) < 4.78 is 16.9. The molecule has 28 heavy (non-hydrogen) atoms. The van der Waals surface area contributed by atoms with Crippen LogP contribution in [0, 0.1) is 16.7 Å². The highest BCUT2D eigenvalue weighted by molar-refractivity contribution is 6.74. The van der Waals surface area contributed by atoms with E-state index in [9.17, 15) is 14.7 Å². The van der Waals surface area contributed by atoms with Gasteiger partial charge in [0.25, 0.3) is 0 Å². The summed E-state index contributed by atoms with van der Waals surface area (Å²) in [5, 5.41) is 10.9. The monoisotopic (exact) mass is 416 g/mol. The number of carbonyl (C=O) groups is 2. The first kappa shape index (κ1) is 25.1. The molecule has 0 saturated heterocycles. The number of aliphatic hydroxyl groups is 1. The third-order valence-corrected chi connectivity index (χ3v) is 11.7. The summed E-state index contributed by atoms with van der Waals surface area (Å²) >= 11 is 0. The molecule has 0 spiro atoms. The maximum Gasteiger partial charge on any atom is 0.320 e. The van der Waals surface area contributed by atoms with Gasteiger partial charge in [0.2, 0.25) is 0 Å². The summed E-state index contributed by atoms with van der Waals surface area (Å²) in [6, 6.07) is 0. The van der Waals surface area contributed by atoms with Gasteiger partial charge in [0, 0.05) is 17.4 Å². The van der Waals surface area contributed by atoms with E-state index in [0.29, 0.717) is 12.8 Å². The summed E-state index contributed by atoms with van der Waals surface area (Å²) in [7, 11) is -2.07. The molecule has 0 heterocycles. The predicted molar refractivity (Wildman–Crippen MR) is 111 cm³/mol. The van der Waals surface area contributed by atoms with Crippen LogP contribution in [-0.2, 0) is 23.5 Å². The van der Waals surface area contributed by atoms with Gasteiger partial charge >= 0.3 is 11.9 Å². The standard InChI is InChI=1S/C21H40O6Si/c1-10-25-17(23)16(18(24)26-11-2)20(6)13-12-15(22)21(20,7)14-27-28(8,9)19(3,4)5/h15-16,22H,10-14H2,1-9H3/t15-,20-,21+/m0/s1. The molecule has 6 nitrogen and oxygen atoms in total. The first-order valence-corrected chi connectivity index (χ1v) is 13.2. The van der Waals surface area contributed by atoms with Crippen LogP contribution in [0.1, 0.15) is 61.3 Å². The van der Waals surface area contributed by atoms with Crippen molar-refractivity contribution < 1.29 is 28.6 Å². The van der Waals surface area contributed by atoms with Crippen molar-refractivity contribution in [3.05, 3.63) is 0 Å². The summed E-state index contributed by atoms with van der Waals surface area (Å²) in [5.41, 5.74) is -1.60. The zero-order valence-electron chi connectivity index (χ0n) is 19.2. The van der Waals surface area contributed by atoms with Gasteiger partial charge in [-0.05, 0) is 44.8 Å². The molecule has 1 rings (SSSR count). The first-order valence-electron chi connectivity index (χ1n) is 10.3. The molecule has 1 fully saturated rings. The molecule has 164 valence electrons. The van der Waals surface area contributed by atoms with Crippen molar-refractivity contribution in [3.8, 4) is 0 Å². The topological polar surface area (TPSA) is 82.1 Å². The van der Waals surface area contributed by atoms with Gasteiger partial charge in [-0.25, -0.2) is 0 Å². The first-order chi connectivity index (χ1) is 12.7. The minimum Gasteiger partial charge on any atom is -0.465 e. The molecule has 0 aromatic rings. The fraction of sp³-hybridized carbons (Fsp3) is 0.905. The van der Waals surface area contributed by atoms with E-state index in [0.717, 1.165) is 0 Å². The Morgan fingerprint density at radius 3 is 1.96 bits per heavy atom. The van der Waals surface area contributed by atoms with Crippen molar-refractivity contribution in [2.75, 3.05) is 19.8 Å². The minimum absolute atomic E-state index is 0.0189. The third kappa shape index (κ3) is 4.62. The van der Waals surface area contributed by atoms with E-state index in [4.69, 9.17) is 13.9 Å². The zero-order chi connectivity index (χ0) is 22.0. The quantitative estimate of drug-likeness (QED) is 0.367. The Hall–Kier alpha value is -0.923. The van der Waals surface area contributed by atoms with Gasteiger partial charge in [-0.3, -0.25) is 9.59 Å². The summed E-state index contributed by atoms with van der Waals surface area (Å²) in [5.74, 6) is -2.26. The van der Waals surface area contributed by atoms with Crippen molar-refractivity contribution in [3.63, 3.8) is 0 Å². The molecule has 0 aliphatic heterocycles. The lowest BCUT2D eigenvalue weighted by Crippen LogP contribution is -2.54. The Morgan fingerprint density at radius 2 is 1.57 bits per heavy atom. The summed E-state index contributed by atoms with van der Waals surface area (Å²) in [6.45, 7) is 18.7. The number of hydrogen-bond acceptors (Lipinski definition) is 6. The third-order valence-electron chi connectivity index (χ3n) is 7.20. The number of rotatable bonds is 8. The van der Waals surface area contributed by atoms with Gasteiger partial charge < -0.3 is 19.0 Å². The van der Waals surface area contributed by atoms with Crippen molar-refractivity contribution in [1.82, 2.24) is 0 Å². The number of carbonyl (C=O) groups excluding carboxylic acids is 2. The van der Waals surface area contributed by atoms with E-state index < -0.39 is 43.1 Å². The van der Waals surface area contributed by atoms with Gasteiger partial charge in [0.1, 0.15) is 0 Å². The molecule has 1 saturated carbocycles. The predicted octanol–water partition coefficient (Wildman–Crippen LogP) is 3.92. The normalized spacial score (nSPS) is 28.5. The second-order valence-corrected chi connectivity index (χ2v) is 14.7. The molecule has 7 heteroatoms. The maximum atomic E-state index is 12.8. The van der Waals surface area contributed by atoms with Crippen LogP contribution in [0.2, 0.25) is 18.1 Å². The van der Waals surface area contributed by atoms with Crippen molar-refractivity contribution in [1.29, 1.82) is 0 Å². The second-order valence-electron chi connectivity index (χ2n) is 9.88. The van der Waals surface area contributed by atoms with Crippen LogP contribution in [0.25, 0.3) is 0 Å². The van der Waals surface area contributed by atoms with E-state index in [1.165, 1.54) is 0 Å². The van der Waals surface area contributed by atoms with Crippen molar-refractivity contribution in [2.45, 2.75) is 85.5 Å². The second kappa shape index (κ2) is 8.84. The Morgan fingerprint density at radius 1 is 1.11 bits per heavy atom. The highest BCUT2D eigenvalue weighted by Crippen LogP contribution is 2.58.